The average molecular weight is 361 g/mol. The Labute approximate surface area is 156 Å². The molecule has 27 heavy (non-hydrogen) atoms. The molecule has 2 aromatic carbocycles. The molecule has 4 aromatic rings. The van der Waals surface area contributed by atoms with Gasteiger partial charge in [-0.2, -0.15) is 5.10 Å². The van der Waals surface area contributed by atoms with Gasteiger partial charge in [0.25, 0.3) is 5.91 Å². The van der Waals surface area contributed by atoms with Gasteiger partial charge < -0.3 is 5.32 Å². The smallest absolute Gasteiger partial charge is 0.275 e. The van der Waals surface area contributed by atoms with Crippen LogP contribution in [-0.4, -0.2) is 26.0 Å². The molecule has 0 fully saturated rings. The summed E-state index contributed by atoms with van der Waals surface area (Å²) in [6.45, 7) is 5.59. The summed E-state index contributed by atoms with van der Waals surface area (Å²) < 4.78 is 6.51. The molecule has 0 aliphatic carbocycles. The first-order valence-electron chi connectivity index (χ1n) is 8.69. The highest BCUT2D eigenvalue weighted by Gasteiger charge is 2.21. The second kappa shape index (κ2) is 6.68. The topological polar surface area (TPSA) is 85.8 Å². The molecule has 0 saturated heterocycles. The predicted octanol–water partition coefficient (Wildman–Crippen LogP) is 3.52. The van der Waals surface area contributed by atoms with Gasteiger partial charge >= 0.3 is 0 Å². The van der Waals surface area contributed by atoms with Crippen LogP contribution in [0.3, 0.4) is 0 Å². The maximum absolute atomic E-state index is 12.4. The van der Waals surface area contributed by atoms with Gasteiger partial charge in [-0.15, -0.1) is 0 Å². The highest BCUT2D eigenvalue weighted by molar-refractivity contribution is 5.93. The molecule has 0 spiro atoms. The highest BCUT2D eigenvalue weighted by atomic mass is 16.6. The van der Waals surface area contributed by atoms with Gasteiger partial charge in [-0.05, 0) is 37.4 Å². The summed E-state index contributed by atoms with van der Waals surface area (Å²) in [5.41, 5.74) is 3.57. The third kappa shape index (κ3) is 2.97. The lowest BCUT2D eigenvalue weighted by Crippen LogP contribution is -2.27. The fraction of sp³-hybridized carbons (Fsp3) is 0.200. The number of rotatable bonds is 4. The molecule has 136 valence electrons. The minimum Gasteiger partial charge on any atom is -0.344 e. The van der Waals surface area contributed by atoms with E-state index < -0.39 is 0 Å². The standard InChI is InChI=1S/C20H19N5O2/c1-12(22-20(26)19-13(2)23-27-24-19)17-11-21-25(14(17)3)18-10-6-8-15-7-4-5-9-16(15)18/h4-12H,1-3H3,(H,22,26)/t12-/m0/s1. The molecule has 1 N–H and O–H groups in total. The lowest BCUT2D eigenvalue weighted by molar-refractivity contribution is 0.0929. The quantitative estimate of drug-likeness (QED) is 0.601. The first kappa shape index (κ1) is 17.0. The van der Waals surface area contributed by atoms with E-state index in [9.17, 15) is 4.79 Å². The van der Waals surface area contributed by atoms with E-state index >= 15 is 0 Å². The maximum Gasteiger partial charge on any atom is 0.275 e. The number of aryl methyl sites for hydroxylation is 1. The average Bonchev–Trinajstić information content (AvgIpc) is 3.27. The second-order valence-electron chi connectivity index (χ2n) is 6.49. The fourth-order valence-corrected chi connectivity index (χ4v) is 3.26. The summed E-state index contributed by atoms with van der Waals surface area (Å²) in [4.78, 5) is 12.4. The number of nitrogens with zero attached hydrogens (tertiary/aromatic N) is 4. The molecule has 2 heterocycles. The van der Waals surface area contributed by atoms with Crippen LogP contribution in [0.15, 0.2) is 53.3 Å². The van der Waals surface area contributed by atoms with Crippen LogP contribution >= 0.6 is 0 Å². The largest absolute Gasteiger partial charge is 0.344 e. The zero-order valence-corrected chi connectivity index (χ0v) is 15.3. The van der Waals surface area contributed by atoms with Crippen molar-refractivity contribution in [3.8, 4) is 5.69 Å². The van der Waals surface area contributed by atoms with Crippen molar-refractivity contribution in [2.45, 2.75) is 26.8 Å². The van der Waals surface area contributed by atoms with Crippen LogP contribution in [0.4, 0.5) is 0 Å². The Hall–Kier alpha value is -3.48. The van der Waals surface area contributed by atoms with Crippen molar-refractivity contribution in [2.75, 3.05) is 0 Å². The number of fused-ring (bicyclic) bond motifs is 1. The highest BCUT2D eigenvalue weighted by Crippen LogP contribution is 2.26. The molecule has 0 aliphatic rings. The molecule has 1 amide bonds. The molecule has 7 heteroatoms. The Morgan fingerprint density at radius 3 is 2.67 bits per heavy atom. The maximum atomic E-state index is 12.4. The molecule has 1 atom stereocenters. The fourth-order valence-electron chi connectivity index (χ4n) is 3.26. The van der Waals surface area contributed by atoms with Gasteiger partial charge in [0.15, 0.2) is 5.69 Å². The van der Waals surface area contributed by atoms with Crippen LogP contribution in [0.25, 0.3) is 16.5 Å². The van der Waals surface area contributed by atoms with Gasteiger partial charge in [0.2, 0.25) is 0 Å². The van der Waals surface area contributed by atoms with Crippen molar-refractivity contribution in [1.82, 2.24) is 25.4 Å². The van der Waals surface area contributed by atoms with Crippen LogP contribution in [0.2, 0.25) is 0 Å². The van der Waals surface area contributed by atoms with Crippen molar-refractivity contribution >= 4 is 16.7 Å². The Bertz CT molecular complexity index is 1120. The predicted molar refractivity (Wildman–Crippen MR) is 101 cm³/mol. The normalized spacial score (nSPS) is 12.3. The van der Waals surface area contributed by atoms with E-state index in [-0.39, 0.29) is 17.6 Å². The lowest BCUT2D eigenvalue weighted by Gasteiger charge is -2.14. The minimum atomic E-state index is -0.321. The first-order valence-corrected chi connectivity index (χ1v) is 8.69. The van der Waals surface area contributed by atoms with Crippen molar-refractivity contribution < 1.29 is 9.42 Å². The Kier molecular flexibility index (Phi) is 4.19. The molecule has 2 aromatic heterocycles. The van der Waals surface area contributed by atoms with Gasteiger partial charge in [-0.1, -0.05) is 41.6 Å². The Morgan fingerprint density at radius 1 is 1.11 bits per heavy atom. The first-order chi connectivity index (χ1) is 13.1. The molecule has 4 rings (SSSR count). The number of amides is 1. The van der Waals surface area contributed by atoms with Crippen LogP contribution in [0.1, 0.15) is 40.4 Å². The van der Waals surface area contributed by atoms with Crippen LogP contribution in [0.5, 0.6) is 0 Å². The van der Waals surface area contributed by atoms with E-state index in [1.165, 1.54) is 0 Å². The van der Waals surface area contributed by atoms with Gasteiger partial charge in [-0.25, -0.2) is 9.31 Å². The van der Waals surface area contributed by atoms with Gasteiger partial charge in [0.05, 0.1) is 17.9 Å². The summed E-state index contributed by atoms with van der Waals surface area (Å²) in [5.74, 6) is -0.321. The van der Waals surface area contributed by atoms with Crippen molar-refractivity contribution in [3.63, 3.8) is 0 Å². The number of hydrogen-bond acceptors (Lipinski definition) is 5. The van der Waals surface area contributed by atoms with Crippen molar-refractivity contribution in [3.05, 3.63) is 71.3 Å². The molecule has 0 unspecified atom stereocenters. The number of aromatic nitrogens is 4. The number of hydrogen-bond donors (Lipinski definition) is 1. The molecule has 0 bridgehead atoms. The van der Waals surface area contributed by atoms with E-state index in [0.29, 0.717) is 5.69 Å². The summed E-state index contributed by atoms with van der Waals surface area (Å²) in [6, 6.07) is 14.1. The molecule has 0 radical (unpaired) electrons. The molecule has 0 aliphatic heterocycles. The number of nitrogens with one attached hydrogen (secondary N) is 1. The number of carbonyl (C=O) groups is 1. The zero-order valence-electron chi connectivity index (χ0n) is 15.3. The third-order valence-corrected chi connectivity index (χ3v) is 4.72. The van der Waals surface area contributed by atoms with E-state index in [2.05, 4.69) is 43.6 Å². The van der Waals surface area contributed by atoms with Gasteiger partial charge in [-0.3, -0.25) is 4.79 Å². The summed E-state index contributed by atoms with van der Waals surface area (Å²) in [6.07, 6.45) is 1.79. The van der Waals surface area contributed by atoms with Crippen molar-refractivity contribution in [2.24, 2.45) is 0 Å². The summed E-state index contributed by atoms with van der Waals surface area (Å²) in [7, 11) is 0. The Balaban J connectivity index is 1.66. The second-order valence-corrected chi connectivity index (χ2v) is 6.49. The zero-order chi connectivity index (χ0) is 19.0. The van der Waals surface area contributed by atoms with E-state index in [4.69, 9.17) is 0 Å². The van der Waals surface area contributed by atoms with Gasteiger partial charge in [0, 0.05) is 16.6 Å². The van der Waals surface area contributed by atoms with Crippen molar-refractivity contribution in [1.29, 1.82) is 0 Å². The Morgan fingerprint density at radius 2 is 1.89 bits per heavy atom. The number of benzene rings is 2. The molecule has 0 saturated carbocycles. The van der Waals surface area contributed by atoms with E-state index in [1.54, 1.807) is 13.1 Å². The van der Waals surface area contributed by atoms with E-state index in [1.807, 2.05) is 42.8 Å². The van der Waals surface area contributed by atoms with Crippen LogP contribution in [-0.2, 0) is 0 Å². The molecular formula is C20H19N5O2. The molecular weight excluding hydrogens is 342 g/mol. The monoisotopic (exact) mass is 361 g/mol. The van der Waals surface area contributed by atoms with Crippen LogP contribution in [0, 0.1) is 13.8 Å². The minimum absolute atomic E-state index is 0.195. The molecule has 7 nitrogen and oxygen atoms in total. The summed E-state index contributed by atoms with van der Waals surface area (Å²) in [5, 5.41) is 17.1. The summed E-state index contributed by atoms with van der Waals surface area (Å²) >= 11 is 0. The van der Waals surface area contributed by atoms with Gasteiger partial charge in [0.1, 0.15) is 5.69 Å². The van der Waals surface area contributed by atoms with E-state index in [0.717, 1.165) is 27.7 Å². The van der Waals surface area contributed by atoms with Crippen LogP contribution < -0.4 is 5.32 Å². The lowest BCUT2D eigenvalue weighted by atomic mass is 10.1. The third-order valence-electron chi connectivity index (χ3n) is 4.72. The SMILES string of the molecule is Cc1nonc1C(=O)N[C@@H](C)c1cnn(-c2cccc3ccccc23)c1C. The number of carbonyl (C=O) groups excluding carboxylic acids is 1.